The molecule has 1 N–H and O–H groups in total. The normalized spacial score (nSPS) is 16.0. The van der Waals surface area contributed by atoms with Gasteiger partial charge >= 0.3 is 0 Å². The van der Waals surface area contributed by atoms with Gasteiger partial charge in [-0.2, -0.15) is 0 Å². The van der Waals surface area contributed by atoms with Crippen molar-refractivity contribution in [2.75, 3.05) is 0 Å². The first-order valence-electron chi connectivity index (χ1n) is 6.46. The molecular weight excluding hydrogens is 208 g/mol. The molecule has 1 rings (SSSR count). The van der Waals surface area contributed by atoms with Gasteiger partial charge in [-0.3, -0.25) is 0 Å². The van der Waals surface area contributed by atoms with Gasteiger partial charge in [0.1, 0.15) is 0 Å². The van der Waals surface area contributed by atoms with Crippen LogP contribution in [0.5, 0.6) is 0 Å². The quantitative estimate of drug-likeness (QED) is 0.824. The van der Waals surface area contributed by atoms with Crippen molar-refractivity contribution in [3.63, 3.8) is 0 Å². The van der Waals surface area contributed by atoms with Crippen LogP contribution < -0.4 is 0 Å². The Morgan fingerprint density at radius 3 is 2.24 bits per heavy atom. The monoisotopic (exact) mass is 234 g/mol. The first-order chi connectivity index (χ1) is 7.67. The molecule has 0 spiro atoms. The Balaban J connectivity index is 3.09. The minimum Gasteiger partial charge on any atom is -0.385 e. The number of benzene rings is 1. The van der Waals surface area contributed by atoms with Crippen molar-refractivity contribution in [1.29, 1.82) is 0 Å². The zero-order valence-corrected chi connectivity index (χ0v) is 12.0. The molecule has 0 aliphatic rings. The fourth-order valence-corrected chi connectivity index (χ4v) is 2.56. The minimum absolute atomic E-state index is 0.130. The molecule has 0 aliphatic carbocycles. The van der Waals surface area contributed by atoms with Gasteiger partial charge in [-0.15, -0.1) is 0 Å². The highest BCUT2D eigenvalue weighted by Crippen LogP contribution is 2.43. The molecule has 0 aliphatic heterocycles. The second kappa shape index (κ2) is 4.81. The van der Waals surface area contributed by atoms with Crippen LogP contribution in [0.3, 0.4) is 0 Å². The summed E-state index contributed by atoms with van der Waals surface area (Å²) in [5.74, 6) is 0.585. The van der Waals surface area contributed by atoms with Crippen LogP contribution in [0.15, 0.2) is 24.3 Å². The molecule has 1 unspecified atom stereocenters. The molecule has 0 heterocycles. The molecule has 96 valence electrons. The van der Waals surface area contributed by atoms with Gasteiger partial charge in [0, 0.05) is 0 Å². The van der Waals surface area contributed by atoms with Gasteiger partial charge in [-0.05, 0) is 37.2 Å². The summed E-state index contributed by atoms with van der Waals surface area (Å²) in [6.45, 7) is 12.7. The van der Waals surface area contributed by atoms with Gasteiger partial charge in [-0.1, -0.05) is 57.5 Å². The lowest BCUT2D eigenvalue weighted by Gasteiger charge is -2.42. The van der Waals surface area contributed by atoms with Crippen molar-refractivity contribution in [3.8, 4) is 0 Å². The second-order valence-corrected chi connectivity index (χ2v) is 6.42. The van der Waals surface area contributed by atoms with Crippen LogP contribution in [-0.2, 0) is 5.60 Å². The Kier molecular flexibility index (Phi) is 4.03. The van der Waals surface area contributed by atoms with E-state index < -0.39 is 5.60 Å². The van der Waals surface area contributed by atoms with Gasteiger partial charge in [0.2, 0.25) is 0 Å². The van der Waals surface area contributed by atoms with Crippen LogP contribution >= 0.6 is 0 Å². The van der Waals surface area contributed by atoms with Crippen molar-refractivity contribution in [2.24, 2.45) is 11.3 Å². The summed E-state index contributed by atoms with van der Waals surface area (Å²) in [6, 6.07) is 8.19. The first kappa shape index (κ1) is 14.2. The van der Waals surface area contributed by atoms with Crippen LogP contribution in [0.4, 0.5) is 0 Å². The Labute approximate surface area is 106 Å². The standard InChI is InChI=1S/C16H26O/c1-12(2)11-15(4,5)16(6,17)14-9-7-8-13(3)10-14/h7-10,12,17H,11H2,1-6H3. The summed E-state index contributed by atoms with van der Waals surface area (Å²) in [5.41, 5.74) is 1.30. The minimum atomic E-state index is -0.788. The zero-order valence-electron chi connectivity index (χ0n) is 12.0. The van der Waals surface area contributed by atoms with E-state index in [1.807, 2.05) is 19.1 Å². The van der Waals surface area contributed by atoms with Crippen LogP contribution in [0, 0.1) is 18.3 Å². The summed E-state index contributed by atoms with van der Waals surface area (Å²) in [4.78, 5) is 0. The van der Waals surface area contributed by atoms with Gasteiger partial charge in [0.05, 0.1) is 5.60 Å². The van der Waals surface area contributed by atoms with E-state index in [2.05, 4.69) is 46.8 Å². The van der Waals surface area contributed by atoms with E-state index in [4.69, 9.17) is 0 Å². The fourth-order valence-electron chi connectivity index (χ4n) is 2.56. The Morgan fingerprint density at radius 2 is 1.76 bits per heavy atom. The molecule has 1 aromatic carbocycles. The van der Waals surface area contributed by atoms with Crippen LogP contribution in [0.25, 0.3) is 0 Å². The first-order valence-corrected chi connectivity index (χ1v) is 6.46. The third kappa shape index (κ3) is 3.10. The Morgan fingerprint density at radius 1 is 1.18 bits per heavy atom. The van der Waals surface area contributed by atoms with E-state index in [0.717, 1.165) is 12.0 Å². The van der Waals surface area contributed by atoms with Crippen molar-refractivity contribution >= 4 is 0 Å². The number of rotatable bonds is 4. The van der Waals surface area contributed by atoms with E-state index >= 15 is 0 Å². The molecule has 0 radical (unpaired) electrons. The molecule has 0 bridgehead atoms. The maximum atomic E-state index is 10.9. The summed E-state index contributed by atoms with van der Waals surface area (Å²) >= 11 is 0. The van der Waals surface area contributed by atoms with Crippen LogP contribution in [0.2, 0.25) is 0 Å². The van der Waals surface area contributed by atoms with Crippen molar-refractivity contribution in [1.82, 2.24) is 0 Å². The molecule has 0 amide bonds. The van der Waals surface area contributed by atoms with E-state index in [9.17, 15) is 5.11 Å². The molecule has 0 saturated carbocycles. The van der Waals surface area contributed by atoms with Crippen molar-refractivity contribution in [2.45, 2.75) is 53.6 Å². The van der Waals surface area contributed by atoms with Crippen molar-refractivity contribution in [3.05, 3.63) is 35.4 Å². The largest absolute Gasteiger partial charge is 0.385 e. The summed E-state index contributed by atoms with van der Waals surface area (Å²) in [6.07, 6.45) is 1.01. The predicted molar refractivity (Wildman–Crippen MR) is 74.0 cm³/mol. The van der Waals surface area contributed by atoms with Gasteiger partial charge in [0.25, 0.3) is 0 Å². The third-order valence-corrected chi connectivity index (χ3v) is 3.82. The highest BCUT2D eigenvalue weighted by molar-refractivity contribution is 5.28. The average molecular weight is 234 g/mol. The Hall–Kier alpha value is -0.820. The molecule has 1 nitrogen and oxygen atoms in total. The maximum Gasteiger partial charge on any atom is 0.0919 e. The molecular formula is C16H26O. The smallest absolute Gasteiger partial charge is 0.0919 e. The van der Waals surface area contributed by atoms with Gasteiger partial charge in [-0.25, -0.2) is 0 Å². The molecule has 0 aromatic heterocycles. The van der Waals surface area contributed by atoms with E-state index in [1.54, 1.807) is 0 Å². The topological polar surface area (TPSA) is 20.2 Å². The third-order valence-electron chi connectivity index (χ3n) is 3.82. The summed E-state index contributed by atoms with van der Waals surface area (Å²) < 4.78 is 0. The molecule has 1 aromatic rings. The predicted octanol–water partition coefficient (Wildman–Crippen LogP) is 4.27. The molecule has 1 heteroatoms. The van der Waals surface area contributed by atoms with Crippen LogP contribution in [0.1, 0.15) is 52.2 Å². The average Bonchev–Trinajstić information content (AvgIpc) is 2.15. The number of hydrogen-bond donors (Lipinski definition) is 1. The number of aryl methyl sites for hydroxylation is 1. The van der Waals surface area contributed by atoms with Gasteiger partial charge in [0.15, 0.2) is 0 Å². The van der Waals surface area contributed by atoms with Crippen LogP contribution in [-0.4, -0.2) is 5.11 Å². The SMILES string of the molecule is Cc1cccc(C(C)(O)C(C)(C)CC(C)C)c1. The second-order valence-electron chi connectivity index (χ2n) is 6.42. The lowest BCUT2D eigenvalue weighted by Crippen LogP contribution is -2.40. The number of aliphatic hydroxyl groups is 1. The molecule has 1 atom stereocenters. The van der Waals surface area contributed by atoms with E-state index in [1.165, 1.54) is 5.56 Å². The van der Waals surface area contributed by atoms with E-state index in [-0.39, 0.29) is 5.41 Å². The zero-order chi connectivity index (χ0) is 13.3. The molecule has 0 saturated heterocycles. The summed E-state index contributed by atoms with van der Waals surface area (Å²) in [5, 5.41) is 10.9. The Bertz CT molecular complexity index is 375. The highest BCUT2D eigenvalue weighted by Gasteiger charge is 2.40. The maximum absolute atomic E-state index is 10.9. The molecule has 0 fully saturated rings. The van der Waals surface area contributed by atoms with E-state index in [0.29, 0.717) is 5.92 Å². The van der Waals surface area contributed by atoms with Crippen molar-refractivity contribution < 1.29 is 5.11 Å². The summed E-state index contributed by atoms with van der Waals surface area (Å²) in [7, 11) is 0. The highest BCUT2D eigenvalue weighted by atomic mass is 16.3. The van der Waals surface area contributed by atoms with Gasteiger partial charge < -0.3 is 5.11 Å². The fraction of sp³-hybridized carbons (Fsp3) is 0.625. The lowest BCUT2D eigenvalue weighted by molar-refractivity contribution is -0.0675. The number of hydrogen-bond acceptors (Lipinski definition) is 1. The lowest BCUT2D eigenvalue weighted by atomic mass is 9.68. The molecule has 17 heavy (non-hydrogen) atoms.